The molecule has 1 aromatic rings. The lowest BCUT2D eigenvalue weighted by molar-refractivity contribution is -0.233. The molecule has 0 radical (unpaired) electrons. The van der Waals surface area contributed by atoms with E-state index in [0.29, 0.717) is 24.7 Å². The highest BCUT2D eigenvalue weighted by Crippen LogP contribution is 2.31. The van der Waals surface area contributed by atoms with Crippen LogP contribution in [-0.2, 0) is 4.74 Å². The number of aliphatic hydroxyl groups excluding tert-OH is 4. The maximum atomic E-state index is 13.4. The molecule has 296 valence electrons. The van der Waals surface area contributed by atoms with Gasteiger partial charge >= 0.3 is 0 Å². The second-order valence-corrected chi connectivity index (χ2v) is 14.8. The molecule has 1 saturated heterocycles. The Morgan fingerprint density at radius 2 is 0.980 bits per heavy atom. The molecule has 1 amide bonds. The minimum atomic E-state index is -1.58. The van der Waals surface area contributed by atoms with E-state index < -0.39 is 43.2 Å². The molecule has 0 aromatic heterocycles. The summed E-state index contributed by atoms with van der Waals surface area (Å²) in [6.45, 7) is 6.95. The fourth-order valence-corrected chi connectivity index (χ4v) is 6.78. The Balaban J connectivity index is 1.87. The summed E-state index contributed by atoms with van der Waals surface area (Å²) < 4.78 is 17.9. The number of benzene rings is 1. The molecule has 1 aliphatic rings. The van der Waals surface area contributed by atoms with Gasteiger partial charge in [-0.05, 0) is 31.9 Å². The molecule has 5 atom stereocenters. The van der Waals surface area contributed by atoms with Crippen molar-refractivity contribution in [1.29, 1.82) is 0 Å². The molecular formula is C42H75NO8. The minimum Gasteiger partial charge on any atom is -0.493 e. The normalized spacial score (nSPS) is 20.4. The summed E-state index contributed by atoms with van der Waals surface area (Å²) in [6.07, 6.45) is 23.2. The Bertz CT molecular complexity index is 970. The van der Waals surface area contributed by atoms with Gasteiger partial charge in [-0.1, -0.05) is 155 Å². The van der Waals surface area contributed by atoms with Gasteiger partial charge < -0.3 is 40.0 Å². The van der Waals surface area contributed by atoms with E-state index in [1.165, 1.54) is 128 Å². The van der Waals surface area contributed by atoms with E-state index >= 15 is 0 Å². The van der Waals surface area contributed by atoms with Crippen molar-refractivity contribution >= 4 is 5.91 Å². The Hall–Kier alpha value is -1.91. The maximum Gasteiger partial charge on any atom is 0.253 e. The first kappa shape index (κ1) is 45.2. The molecule has 2 unspecified atom stereocenters. The molecule has 0 bridgehead atoms. The summed E-state index contributed by atoms with van der Waals surface area (Å²) in [4.78, 5) is 13.4. The first-order chi connectivity index (χ1) is 24.8. The van der Waals surface area contributed by atoms with Gasteiger partial charge in [0.05, 0.1) is 19.8 Å². The minimum absolute atomic E-state index is 0.270. The summed E-state index contributed by atoms with van der Waals surface area (Å²) in [7, 11) is 0. The number of carbonyl (C=O) groups excluding carboxylic acids is 1. The van der Waals surface area contributed by atoms with Crippen LogP contribution in [-0.4, -0.2) is 76.8 Å². The third-order valence-corrected chi connectivity index (χ3v) is 10.3. The summed E-state index contributed by atoms with van der Waals surface area (Å²) >= 11 is 0. The molecule has 9 heteroatoms. The van der Waals surface area contributed by atoms with Gasteiger partial charge in [-0.2, -0.15) is 0 Å². The lowest BCUT2D eigenvalue weighted by Gasteiger charge is -2.40. The van der Waals surface area contributed by atoms with E-state index in [1.54, 1.807) is 12.1 Å². The number of unbranched alkanes of at least 4 members (excludes halogenated alkanes) is 22. The van der Waals surface area contributed by atoms with Crippen LogP contribution >= 0.6 is 0 Å². The average Bonchev–Trinajstić information content (AvgIpc) is 3.13. The molecule has 1 fully saturated rings. The number of aliphatic hydroxyl groups is 4. The molecule has 5 N–H and O–H groups in total. The fraction of sp³-hybridized carbons (Fsp3) is 0.833. The van der Waals surface area contributed by atoms with Gasteiger partial charge in [0.15, 0.2) is 6.23 Å². The number of rotatable bonds is 31. The first-order valence-electron chi connectivity index (χ1n) is 20.9. The maximum absolute atomic E-state index is 13.4. The second kappa shape index (κ2) is 28.6. The second-order valence-electron chi connectivity index (χ2n) is 14.8. The Morgan fingerprint density at radius 1 is 0.608 bits per heavy atom. The lowest BCUT2D eigenvalue weighted by atomic mass is 9.98. The third kappa shape index (κ3) is 18.6. The van der Waals surface area contributed by atoms with Gasteiger partial charge in [0.1, 0.15) is 35.9 Å². The summed E-state index contributed by atoms with van der Waals surface area (Å²) in [5, 5.41) is 42.9. The zero-order valence-corrected chi connectivity index (χ0v) is 32.6. The zero-order valence-electron chi connectivity index (χ0n) is 32.6. The summed E-state index contributed by atoms with van der Waals surface area (Å²) in [5.41, 5.74) is 1.10. The predicted molar refractivity (Wildman–Crippen MR) is 206 cm³/mol. The van der Waals surface area contributed by atoms with Crippen LogP contribution in [0.5, 0.6) is 11.5 Å². The highest BCUT2D eigenvalue weighted by Gasteiger charge is 2.44. The fourth-order valence-electron chi connectivity index (χ4n) is 6.78. The molecule has 0 saturated carbocycles. The lowest BCUT2D eigenvalue weighted by Crippen LogP contribution is -2.63. The van der Waals surface area contributed by atoms with E-state index in [1.807, 2.05) is 6.92 Å². The first-order valence-corrected chi connectivity index (χ1v) is 20.9. The molecule has 1 heterocycles. The van der Waals surface area contributed by atoms with Crippen molar-refractivity contribution in [3.8, 4) is 11.5 Å². The zero-order chi connectivity index (χ0) is 37.1. The molecule has 0 aliphatic carbocycles. The van der Waals surface area contributed by atoms with Crippen LogP contribution in [0.15, 0.2) is 12.1 Å². The smallest absolute Gasteiger partial charge is 0.253 e. The molecule has 2 rings (SSSR count). The number of nitrogens with one attached hydrogen (secondary N) is 1. The van der Waals surface area contributed by atoms with Gasteiger partial charge in [-0.3, -0.25) is 4.79 Å². The molecule has 9 nitrogen and oxygen atoms in total. The van der Waals surface area contributed by atoms with E-state index in [0.717, 1.165) is 31.2 Å². The largest absolute Gasteiger partial charge is 0.493 e. The van der Waals surface area contributed by atoms with Crippen LogP contribution in [0.3, 0.4) is 0 Å². The van der Waals surface area contributed by atoms with E-state index in [9.17, 15) is 25.2 Å². The van der Waals surface area contributed by atoms with Gasteiger partial charge in [-0.15, -0.1) is 0 Å². The van der Waals surface area contributed by atoms with Crippen molar-refractivity contribution in [3.63, 3.8) is 0 Å². The molecular weight excluding hydrogens is 646 g/mol. The number of hydrogen-bond donors (Lipinski definition) is 5. The topological polar surface area (TPSA) is 138 Å². The number of ether oxygens (including phenoxy) is 3. The highest BCUT2D eigenvalue weighted by atomic mass is 16.6. The van der Waals surface area contributed by atoms with Crippen LogP contribution in [0.4, 0.5) is 0 Å². The predicted octanol–water partition coefficient (Wildman–Crippen LogP) is 8.68. The Labute approximate surface area is 310 Å². The van der Waals surface area contributed by atoms with E-state index in [4.69, 9.17) is 14.2 Å². The molecule has 51 heavy (non-hydrogen) atoms. The quantitative estimate of drug-likeness (QED) is 0.0481. The van der Waals surface area contributed by atoms with Gasteiger partial charge in [0, 0.05) is 11.1 Å². The summed E-state index contributed by atoms with van der Waals surface area (Å²) in [6, 6.07) is 3.34. The Kier molecular flexibility index (Phi) is 25.4. The molecule has 0 spiro atoms. The van der Waals surface area contributed by atoms with Gasteiger partial charge in [0.25, 0.3) is 5.91 Å². The van der Waals surface area contributed by atoms with Crippen molar-refractivity contribution in [2.75, 3.05) is 19.8 Å². The summed E-state index contributed by atoms with van der Waals surface area (Å²) in [5.74, 6) is 0.596. The SMILES string of the molecule is CCCCCCCCCCCCCCOc1cc(C(=O)N[C@@H]2OC(CO)[C@H](O)[C@H](O)C2O)cc(OCCCCCCCCCCCCCC)c1C. The number of amides is 1. The standard InChI is InChI=1S/C42H75NO8/c1-4-6-8-10-12-14-16-18-20-22-24-26-28-49-35-30-34(41(48)43-42-40(47)39(46)38(45)37(32-44)51-42)31-36(33(35)3)50-29-27-25-23-21-19-17-15-13-11-9-7-5-2/h30-31,37-40,42,44-47H,4-29,32H2,1-3H3,(H,43,48)/t37?,38-,39-,40?,42+/m0/s1. The van der Waals surface area contributed by atoms with Gasteiger partial charge in [-0.25, -0.2) is 0 Å². The number of carbonyl (C=O) groups is 1. The monoisotopic (exact) mass is 722 g/mol. The Morgan fingerprint density at radius 3 is 1.35 bits per heavy atom. The number of hydrogen-bond acceptors (Lipinski definition) is 8. The van der Waals surface area contributed by atoms with Crippen molar-refractivity contribution in [2.24, 2.45) is 0 Å². The third-order valence-electron chi connectivity index (χ3n) is 10.3. The van der Waals surface area contributed by atoms with Crippen LogP contribution in [0.2, 0.25) is 0 Å². The van der Waals surface area contributed by atoms with E-state index in [-0.39, 0.29) is 5.56 Å². The highest BCUT2D eigenvalue weighted by molar-refractivity contribution is 5.95. The van der Waals surface area contributed by atoms with E-state index in [2.05, 4.69) is 19.2 Å². The average molecular weight is 722 g/mol. The van der Waals surface area contributed by atoms with Crippen molar-refractivity contribution in [3.05, 3.63) is 23.3 Å². The van der Waals surface area contributed by atoms with Crippen LogP contribution in [0.25, 0.3) is 0 Å². The van der Waals surface area contributed by atoms with Crippen LogP contribution in [0, 0.1) is 6.92 Å². The van der Waals surface area contributed by atoms with Crippen molar-refractivity contribution in [2.45, 2.75) is 206 Å². The van der Waals surface area contributed by atoms with Gasteiger partial charge in [0.2, 0.25) is 0 Å². The molecule has 1 aliphatic heterocycles. The van der Waals surface area contributed by atoms with Crippen LogP contribution in [0.1, 0.15) is 184 Å². The van der Waals surface area contributed by atoms with Crippen molar-refractivity contribution in [1.82, 2.24) is 5.32 Å². The van der Waals surface area contributed by atoms with Crippen molar-refractivity contribution < 1.29 is 39.4 Å². The molecule has 1 aromatic carbocycles. The van der Waals surface area contributed by atoms with Crippen LogP contribution < -0.4 is 14.8 Å².